The number of nitrogens with zero attached hydrogens (tertiary/aromatic N) is 6. The molecule has 0 aliphatic carbocycles. The Labute approximate surface area is 287 Å². The highest BCUT2D eigenvalue weighted by molar-refractivity contribution is 6.76. The van der Waals surface area contributed by atoms with Crippen LogP contribution in [-0.2, 0) is 29.2 Å². The lowest BCUT2D eigenvalue weighted by Gasteiger charge is -2.40. The molecular weight excluding hydrogens is 642 g/mol. The Morgan fingerprint density at radius 3 is 2.53 bits per heavy atom. The van der Waals surface area contributed by atoms with E-state index < -0.39 is 26.1 Å². The third-order valence-corrected chi connectivity index (χ3v) is 10.9. The van der Waals surface area contributed by atoms with E-state index in [2.05, 4.69) is 59.1 Å². The molecule has 49 heavy (non-hydrogen) atoms. The van der Waals surface area contributed by atoms with Crippen LogP contribution < -0.4 is 5.32 Å². The molecule has 1 unspecified atom stereocenters. The van der Waals surface area contributed by atoms with E-state index in [4.69, 9.17) is 9.47 Å². The predicted molar refractivity (Wildman–Crippen MR) is 189 cm³/mol. The fraction of sp³-hybridized carbons (Fsp3) is 0.472. The summed E-state index contributed by atoms with van der Waals surface area (Å²) in [5, 5.41) is 8.29. The van der Waals surface area contributed by atoms with Gasteiger partial charge in [-0.1, -0.05) is 37.8 Å². The molecule has 2 aliphatic rings. The number of ether oxygens (including phenoxy) is 2. The fourth-order valence-corrected chi connectivity index (χ4v) is 7.45. The van der Waals surface area contributed by atoms with Gasteiger partial charge in [0.1, 0.15) is 12.5 Å². The third kappa shape index (κ3) is 8.10. The first-order valence-corrected chi connectivity index (χ1v) is 20.7. The van der Waals surface area contributed by atoms with Crippen LogP contribution in [0.4, 0.5) is 19.7 Å². The number of para-hydroxylation sites is 1. The van der Waals surface area contributed by atoms with E-state index in [0.29, 0.717) is 51.5 Å². The molecular formula is C36H46FN7O4Si. The van der Waals surface area contributed by atoms with Gasteiger partial charge in [-0.25, -0.2) is 28.6 Å². The maximum absolute atomic E-state index is 14.2. The van der Waals surface area contributed by atoms with Crippen LogP contribution in [0.5, 0.6) is 0 Å². The summed E-state index contributed by atoms with van der Waals surface area (Å²) in [4.78, 5) is 39.3. The lowest BCUT2D eigenvalue weighted by Crippen LogP contribution is -2.51. The molecule has 0 radical (unpaired) electrons. The second-order valence-electron chi connectivity index (χ2n) is 14.5. The van der Waals surface area contributed by atoms with Crippen molar-refractivity contribution >= 4 is 36.8 Å². The summed E-state index contributed by atoms with van der Waals surface area (Å²) in [6.45, 7) is 15.2. The minimum Gasteiger partial charge on any atom is -0.437 e. The predicted octanol–water partition coefficient (Wildman–Crippen LogP) is 7.14. The van der Waals surface area contributed by atoms with Crippen LogP contribution in [0.25, 0.3) is 10.9 Å². The highest BCUT2D eigenvalue weighted by Gasteiger charge is 2.35. The lowest BCUT2D eigenvalue weighted by atomic mass is 10.0. The molecule has 0 spiro atoms. The number of fused-ring (bicyclic) bond motifs is 2. The van der Waals surface area contributed by atoms with Crippen LogP contribution >= 0.6 is 0 Å². The first-order valence-electron chi connectivity index (χ1n) is 17.0. The molecule has 1 fully saturated rings. The van der Waals surface area contributed by atoms with Crippen molar-refractivity contribution in [3.05, 3.63) is 82.3 Å². The summed E-state index contributed by atoms with van der Waals surface area (Å²) in [5.41, 5.74) is 5.64. The van der Waals surface area contributed by atoms with Crippen molar-refractivity contribution in [2.75, 3.05) is 25.0 Å². The van der Waals surface area contributed by atoms with E-state index in [1.165, 1.54) is 6.07 Å². The number of nitrogens with one attached hydrogen (secondary N) is 1. The zero-order valence-corrected chi connectivity index (χ0v) is 30.3. The van der Waals surface area contributed by atoms with Crippen LogP contribution in [0.2, 0.25) is 25.7 Å². The van der Waals surface area contributed by atoms with Crippen molar-refractivity contribution in [2.24, 2.45) is 0 Å². The zero-order chi connectivity index (χ0) is 34.9. The number of amides is 3. The van der Waals surface area contributed by atoms with Crippen LogP contribution in [0, 0.1) is 26.6 Å². The molecule has 260 valence electrons. The van der Waals surface area contributed by atoms with Gasteiger partial charge in [0.25, 0.3) is 0 Å². The third-order valence-electron chi connectivity index (χ3n) is 9.24. The van der Waals surface area contributed by atoms with Crippen molar-refractivity contribution in [3.63, 3.8) is 0 Å². The Hall–Kier alpha value is -4.36. The zero-order valence-electron chi connectivity index (χ0n) is 29.3. The standard InChI is InChI=1S/C36H46FN7O4Si/c1-23-16-26(18-28-20-38-44(33(23)28)22-47-14-15-49(4,5)6)19-31(34-39-24(2)17-25(3)40-34)48-36(46)42-12-10-29(11-13-42)43-21-27-8-7-9-30(37)32(27)41-35(43)45/h7-9,16-18,20,29,31H,10-15,19,21-22H2,1-6H3,(H,41,45). The van der Waals surface area contributed by atoms with Crippen LogP contribution in [0.1, 0.15) is 52.8 Å². The van der Waals surface area contributed by atoms with Gasteiger partial charge in [-0.15, -0.1) is 0 Å². The molecule has 1 atom stereocenters. The number of anilines is 1. The van der Waals surface area contributed by atoms with Gasteiger partial charge in [0, 0.05) is 63.6 Å². The van der Waals surface area contributed by atoms with Gasteiger partial charge in [-0.2, -0.15) is 5.10 Å². The molecule has 2 aromatic heterocycles. The number of piperidine rings is 1. The van der Waals surface area contributed by atoms with Gasteiger partial charge in [-0.05, 0) is 74.5 Å². The Bertz CT molecular complexity index is 1830. The maximum Gasteiger partial charge on any atom is 0.410 e. The van der Waals surface area contributed by atoms with Crippen molar-refractivity contribution < 1.29 is 23.5 Å². The highest BCUT2D eigenvalue weighted by atomic mass is 28.3. The quantitative estimate of drug-likeness (QED) is 0.139. The largest absolute Gasteiger partial charge is 0.437 e. The summed E-state index contributed by atoms with van der Waals surface area (Å²) in [7, 11) is -1.18. The number of rotatable bonds is 10. The average molecular weight is 688 g/mol. The van der Waals surface area contributed by atoms with E-state index in [1.54, 1.807) is 15.9 Å². The summed E-state index contributed by atoms with van der Waals surface area (Å²) in [6, 6.07) is 11.6. The van der Waals surface area contributed by atoms with Crippen LogP contribution in [-0.4, -0.2) is 75.5 Å². The number of hydrogen-bond donors (Lipinski definition) is 1. The Morgan fingerprint density at radius 2 is 1.82 bits per heavy atom. The van der Waals surface area contributed by atoms with Gasteiger partial charge in [0.05, 0.1) is 17.4 Å². The minimum absolute atomic E-state index is 0.0830. The second-order valence-corrected chi connectivity index (χ2v) is 20.1. The first kappa shape index (κ1) is 34.5. The molecule has 2 aromatic carbocycles. The monoisotopic (exact) mass is 687 g/mol. The molecule has 11 nitrogen and oxygen atoms in total. The molecule has 0 bridgehead atoms. The van der Waals surface area contributed by atoms with E-state index in [1.807, 2.05) is 36.9 Å². The molecule has 2 aliphatic heterocycles. The van der Waals surface area contributed by atoms with E-state index >= 15 is 0 Å². The number of halogens is 1. The number of urea groups is 1. The smallest absolute Gasteiger partial charge is 0.410 e. The number of likely N-dealkylation sites (tertiary alicyclic amines) is 1. The van der Waals surface area contributed by atoms with E-state index in [-0.39, 0.29) is 17.8 Å². The maximum atomic E-state index is 14.2. The number of aryl methyl sites for hydroxylation is 3. The number of carbonyl (C=O) groups is 2. The molecule has 1 N–H and O–H groups in total. The van der Waals surface area contributed by atoms with Crippen molar-refractivity contribution in [2.45, 2.75) is 91.1 Å². The number of benzene rings is 2. The highest BCUT2D eigenvalue weighted by Crippen LogP contribution is 2.31. The molecule has 4 heterocycles. The van der Waals surface area contributed by atoms with Gasteiger partial charge in [0.15, 0.2) is 11.9 Å². The van der Waals surface area contributed by atoms with Gasteiger partial charge >= 0.3 is 12.1 Å². The van der Waals surface area contributed by atoms with Crippen LogP contribution in [0.3, 0.4) is 0 Å². The molecule has 1 saturated heterocycles. The average Bonchev–Trinajstić information content (AvgIpc) is 3.45. The summed E-state index contributed by atoms with van der Waals surface area (Å²) < 4.78 is 28.3. The molecule has 0 saturated carbocycles. The van der Waals surface area contributed by atoms with Crippen LogP contribution in [0.15, 0.2) is 42.6 Å². The van der Waals surface area contributed by atoms with Crippen molar-refractivity contribution in [3.8, 4) is 0 Å². The molecule has 3 amide bonds. The van der Waals surface area contributed by atoms with Gasteiger partial charge in [0.2, 0.25) is 0 Å². The summed E-state index contributed by atoms with van der Waals surface area (Å²) in [6.07, 6.45) is 2.26. The first-order chi connectivity index (χ1) is 23.3. The SMILES string of the molecule is Cc1cc(C)nc(C(Cc2cc(C)c3c(cnn3COCC[Si](C)(C)C)c2)OC(=O)N2CCC(N3Cc4cccc(F)c4NC3=O)CC2)n1. The molecule has 13 heteroatoms. The number of aromatic nitrogens is 4. The second kappa shape index (κ2) is 14.2. The van der Waals surface area contributed by atoms with Crippen molar-refractivity contribution in [1.29, 1.82) is 0 Å². The Balaban J connectivity index is 1.14. The van der Waals surface area contributed by atoms with Gasteiger partial charge in [-0.3, -0.25) is 0 Å². The van der Waals surface area contributed by atoms with E-state index in [9.17, 15) is 14.0 Å². The Morgan fingerprint density at radius 1 is 1.08 bits per heavy atom. The fourth-order valence-electron chi connectivity index (χ4n) is 6.69. The topological polar surface area (TPSA) is 115 Å². The summed E-state index contributed by atoms with van der Waals surface area (Å²) >= 11 is 0. The molecule has 6 rings (SSSR count). The minimum atomic E-state index is -1.18. The Kier molecular flexibility index (Phi) is 10.0. The van der Waals surface area contributed by atoms with Gasteiger partial charge < -0.3 is 24.6 Å². The van der Waals surface area contributed by atoms with E-state index in [0.717, 1.165) is 51.6 Å². The number of carbonyl (C=O) groups excluding carboxylic acids is 2. The lowest BCUT2D eigenvalue weighted by molar-refractivity contribution is 0.0446. The molecule has 4 aromatic rings. The normalized spacial score (nSPS) is 16.1. The number of hydrogen-bond acceptors (Lipinski definition) is 7. The van der Waals surface area contributed by atoms with Crippen molar-refractivity contribution in [1.82, 2.24) is 29.5 Å². The summed E-state index contributed by atoms with van der Waals surface area (Å²) in [5.74, 6) is 0.0224.